The molecular weight excluding hydrogens is 362 g/mol. The SMILES string of the molecule is O=C(CN(C1CCCCC1)S(=O)(=O)c1ccccc1)NCc1ccncc1. The molecule has 7 heteroatoms. The zero-order valence-corrected chi connectivity index (χ0v) is 16.1. The van der Waals surface area contributed by atoms with Gasteiger partial charge in [-0.1, -0.05) is 37.5 Å². The molecule has 1 N–H and O–H groups in total. The summed E-state index contributed by atoms with van der Waals surface area (Å²) < 4.78 is 27.8. The molecule has 1 heterocycles. The third kappa shape index (κ3) is 5.14. The number of benzene rings is 1. The lowest BCUT2D eigenvalue weighted by molar-refractivity contribution is -0.121. The topological polar surface area (TPSA) is 79.4 Å². The highest BCUT2D eigenvalue weighted by Crippen LogP contribution is 2.27. The first kappa shape index (κ1) is 19.5. The molecule has 0 radical (unpaired) electrons. The molecule has 3 rings (SSSR count). The van der Waals surface area contributed by atoms with E-state index in [0.717, 1.165) is 37.7 Å². The van der Waals surface area contributed by atoms with E-state index >= 15 is 0 Å². The lowest BCUT2D eigenvalue weighted by Crippen LogP contribution is -2.46. The molecule has 27 heavy (non-hydrogen) atoms. The van der Waals surface area contributed by atoms with E-state index in [-0.39, 0.29) is 23.4 Å². The van der Waals surface area contributed by atoms with Crippen LogP contribution in [0.3, 0.4) is 0 Å². The summed E-state index contributed by atoms with van der Waals surface area (Å²) in [5.41, 5.74) is 0.925. The highest BCUT2D eigenvalue weighted by molar-refractivity contribution is 7.89. The molecule has 0 saturated heterocycles. The van der Waals surface area contributed by atoms with Crippen molar-refractivity contribution < 1.29 is 13.2 Å². The van der Waals surface area contributed by atoms with E-state index in [2.05, 4.69) is 10.3 Å². The number of sulfonamides is 1. The molecule has 2 aromatic rings. The van der Waals surface area contributed by atoms with Crippen LogP contribution in [-0.2, 0) is 21.4 Å². The highest BCUT2D eigenvalue weighted by Gasteiger charge is 2.33. The molecule has 6 nitrogen and oxygen atoms in total. The van der Waals surface area contributed by atoms with E-state index in [1.54, 1.807) is 42.7 Å². The number of nitrogens with one attached hydrogen (secondary N) is 1. The van der Waals surface area contributed by atoms with Crippen LogP contribution >= 0.6 is 0 Å². The number of rotatable bonds is 7. The van der Waals surface area contributed by atoms with E-state index in [4.69, 9.17) is 0 Å². The van der Waals surface area contributed by atoms with E-state index in [1.165, 1.54) is 4.31 Å². The summed E-state index contributed by atoms with van der Waals surface area (Å²) in [6.45, 7) is 0.193. The number of nitrogens with zero attached hydrogens (tertiary/aromatic N) is 2. The Kier molecular flexibility index (Phi) is 6.58. The molecule has 1 aromatic carbocycles. The van der Waals surface area contributed by atoms with Crippen LogP contribution in [0.4, 0.5) is 0 Å². The minimum absolute atomic E-state index is 0.129. The van der Waals surface area contributed by atoms with Crippen molar-refractivity contribution in [1.82, 2.24) is 14.6 Å². The Morgan fingerprint density at radius 3 is 2.37 bits per heavy atom. The summed E-state index contributed by atoms with van der Waals surface area (Å²) >= 11 is 0. The lowest BCUT2D eigenvalue weighted by atomic mass is 9.95. The fourth-order valence-corrected chi connectivity index (χ4v) is 5.07. The molecule has 1 fully saturated rings. The van der Waals surface area contributed by atoms with Gasteiger partial charge in [-0.3, -0.25) is 9.78 Å². The van der Waals surface area contributed by atoms with Gasteiger partial charge in [0.2, 0.25) is 15.9 Å². The number of pyridine rings is 1. The predicted molar refractivity (Wildman–Crippen MR) is 103 cm³/mol. The quantitative estimate of drug-likeness (QED) is 0.792. The number of hydrogen-bond donors (Lipinski definition) is 1. The fourth-order valence-electron chi connectivity index (χ4n) is 3.41. The minimum atomic E-state index is -3.72. The Morgan fingerprint density at radius 2 is 1.70 bits per heavy atom. The number of aromatic nitrogens is 1. The molecule has 0 unspecified atom stereocenters. The molecule has 1 aliphatic carbocycles. The van der Waals surface area contributed by atoms with Gasteiger partial charge in [0, 0.05) is 25.0 Å². The van der Waals surface area contributed by atoms with Crippen LogP contribution in [-0.4, -0.2) is 36.2 Å². The first-order valence-corrected chi connectivity index (χ1v) is 10.7. The fraction of sp³-hybridized carbons (Fsp3) is 0.400. The Labute approximate surface area is 160 Å². The van der Waals surface area contributed by atoms with E-state index in [1.807, 2.05) is 12.1 Å². The van der Waals surface area contributed by atoms with Gasteiger partial charge in [-0.15, -0.1) is 0 Å². The van der Waals surface area contributed by atoms with Crippen molar-refractivity contribution >= 4 is 15.9 Å². The van der Waals surface area contributed by atoms with Crippen molar-refractivity contribution in [1.29, 1.82) is 0 Å². The Morgan fingerprint density at radius 1 is 1.04 bits per heavy atom. The van der Waals surface area contributed by atoms with Crippen molar-refractivity contribution in [3.8, 4) is 0 Å². The van der Waals surface area contributed by atoms with Crippen LogP contribution < -0.4 is 5.32 Å². The Balaban J connectivity index is 1.74. The van der Waals surface area contributed by atoms with E-state index in [9.17, 15) is 13.2 Å². The lowest BCUT2D eigenvalue weighted by Gasteiger charge is -2.33. The summed E-state index contributed by atoms with van der Waals surface area (Å²) in [6, 6.07) is 11.9. The van der Waals surface area contributed by atoms with Gasteiger partial charge in [-0.05, 0) is 42.7 Å². The normalized spacial score (nSPS) is 15.6. The molecule has 0 bridgehead atoms. The molecule has 1 aliphatic rings. The summed E-state index contributed by atoms with van der Waals surface area (Å²) in [5.74, 6) is -0.295. The molecule has 0 atom stereocenters. The second-order valence-electron chi connectivity index (χ2n) is 6.79. The summed E-state index contributed by atoms with van der Waals surface area (Å²) in [6.07, 6.45) is 8.01. The molecule has 0 aliphatic heterocycles. The van der Waals surface area contributed by atoms with E-state index in [0.29, 0.717) is 6.54 Å². The summed E-state index contributed by atoms with van der Waals surface area (Å²) in [5, 5.41) is 2.82. The zero-order valence-electron chi connectivity index (χ0n) is 15.3. The second-order valence-corrected chi connectivity index (χ2v) is 8.68. The standard InChI is InChI=1S/C20H25N3O3S/c24-20(22-15-17-11-13-21-14-12-17)16-23(18-7-3-1-4-8-18)27(25,26)19-9-5-2-6-10-19/h2,5-6,9-14,18H,1,3-4,7-8,15-16H2,(H,22,24). The van der Waals surface area contributed by atoms with Gasteiger partial charge < -0.3 is 5.32 Å². The first-order valence-electron chi connectivity index (χ1n) is 9.30. The molecule has 1 saturated carbocycles. The van der Waals surface area contributed by atoms with Gasteiger partial charge in [-0.2, -0.15) is 4.31 Å². The number of hydrogen-bond acceptors (Lipinski definition) is 4. The van der Waals surface area contributed by atoms with Gasteiger partial charge in [0.1, 0.15) is 0 Å². The van der Waals surface area contributed by atoms with Crippen LogP contribution in [0.25, 0.3) is 0 Å². The Hall–Kier alpha value is -2.25. The monoisotopic (exact) mass is 387 g/mol. The van der Waals surface area contributed by atoms with Gasteiger partial charge in [0.05, 0.1) is 11.4 Å². The highest BCUT2D eigenvalue weighted by atomic mass is 32.2. The van der Waals surface area contributed by atoms with Gasteiger partial charge in [0.25, 0.3) is 0 Å². The zero-order chi connectivity index (χ0) is 19.1. The predicted octanol–water partition coefficient (Wildman–Crippen LogP) is 2.72. The number of carbonyl (C=O) groups is 1. The van der Waals surface area contributed by atoms with Crippen molar-refractivity contribution in [3.05, 3.63) is 60.4 Å². The minimum Gasteiger partial charge on any atom is -0.351 e. The molecule has 1 aromatic heterocycles. The van der Waals surface area contributed by atoms with Crippen LogP contribution in [0, 0.1) is 0 Å². The largest absolute Gasteiger partial charge is 0.351 e. The average Bonchev–Trinajstić information content (AvgIpc) is 2.72. The summed E-state index contributed by atoms with van der Waals surface area (Å²) in [7, 11) is -3.72. The average molecular weight is 388 g/mol. The number of amides is 1. The van der Waals surface area contributed by atoms with Crippen molar-refractivity contribution in [2.45, 2.75) is 49.6 Å². The van der Waals surface area contributed by atoms with Crippen LogP contribution in [0.15, 0.2) is 59.8 Å². The Bertz CT molecular complexity index is 835. The van der Waals surface area contributed by atoms with Gasteiger partial charge >= 0.3 is 0 Å². The van der Waals surface area contributed by atoms with Crippen molar-refractivity contribution in [3.63, 3.8) is 0 Å². The third-order valence-electron chi connectivity index (χ3n) is 4.87. The van der Waals surface area contributed by atoms with Gasteiger partial charge in [-0.25, -0.2) is 8.42 Å². The molecular formula is C20H25N3O3S. The second kappa shape index (κ2) is 9.10. The van der Waals surface area contributed by atoms with E-state index < -0.39 is 10.0 Å². The molecule has 144 valence electrons. The van der Waals surface area contributed by atoms with Crippen molar-refractivity contribution in [2.75, 3.05) is 6.54 Å². The third-order valence-corrected chi connectivity index (χ3v) is 6.78. The van der Waals surface area contributed by atoms with Crippen LogP contribution in [0.5, 0.6) is 0 Å². The number of carbonyl (C=O) groups excluding carboxylic acids is 1. The molecule has 0 spiro atoms. The van der Waals surface area contributed by atoms with Crippen molar-refractivity contribution in [2.24, 2.45) is 0 Å². The maximum atomic E-state index is 13.2. The maximum Gasteiger partial charge on any atom is 0.243 e. The summed E-state index contributed by atoms with van der Waals surface area (Å²) in [4.78, 5) is 16.7. The maximum absolute atomic E-state index is 13.2. The smallest absolute Gasteiger partial charge is 0.243 e. The van der Waals surface area contributed by atoms with Crippen LogP contribution in [0.1, 0.15) is 37.7 Å². The van der Waals surface area contributed by atoms with Gasteiger partial charge in [0.15, 0.2) is 0 Å². The molecule has 1 amide bonds. The van der Waals surface area contributed by atoms with Crippen LogP contribution in [0.2, 0.25) is 0 Å². The first-order chi connectivity index (χ1) is 13.1.